The van der Waals surface area contributed by atoms with E-state index in [4.69, 9.17) is 11.6 Å². The number of carbonyl (C=O) groups is 1. The number of rotatable bonds is 2. The molecule has 3 N–H and O–H groups in total. The van der Waals surface area contributed by atoms with Gasteiger partial charge in [0.05, 0.1) is 10.6 Å². The van der Waals surface area contributed by atoms with E-state index in [0.29, 0.717) is 11.3 Å². The van der Waals surface area contributed by atoms with Gasteiger partial charge in [0.25, 0.3) is 5.91 Å². The molecule has 0 heterocycles. The topological polar surface area (TPSA) is 69.6 Å². The standard InChI is InChI=1S/C14H12ClNO3/c1-8-6-9(2-5-13(8)18)16-14(19)11-7-10(17)3-4-12(11)15/h2-7,17-18H,1H3,(H,16,19). The van der Waals surface area contributed by atoms with Crippen molar-refractivity contribution in [2.75, 3.05) is 5.32 Å². The van der Waals surface area contributed by atoms with Crippen LogP contribution in [-0.2, 0) is 0 Å². The van der Waals surface area contributed by atoms with Gasteiger partial charge >= 0.3 is 0 Å². The summed E-state index contributed by atoms with van der Waals surface area (Å²) < 4.78 is 0. The van der Waals surface area contributed by atoms with Gasteiger partial charge in [-0.05, 0) is 48.9 Å². The van der Waals surface area contributed by atoms with Crippen LogP contribution in [0.25, 0.3) is 0 Å². The molecule has 2 aromatic rings. The molecule has 0 spiro atoms. The first-order chi connectivity index (χ1) is 8.97. The van der Waals surface area contributed by atoms with E-state index in [0.717, 1.165) is 0 Å². The maximum absolute atomic E-state index is 12.0. The molecule has 0 atom stereocenters. The predicted molar refractivity (Wildman–Crippen MR) is 73.9 cm³/mol. The van der Waals surface area contributed by atoms with Crippen LogP contribution in [0.3, 0.4) is 0 Å². The second-order valence-electron chi connectivity index (χ2n) is 4.12. The lowest BCUT2D eigenvalue weighted by Gasteiger charge is -2.08. The van der Waals surface area contributed by atoms with Gasteiger partial charge in [0.2, 0.25) is 0 Å². The molecule has 1 amide bonds. The Morgan fingerprint density at radius 3 is 2.58 bits per heavy atom. The number of nitrogens with one attached hydrogen (secondary N) is 1. The van der Waals surface area contributed by atoms with Crippen molar-refractivity contribution < 1.29 is 15.0 Å². The predicted octanol–water partition coefficient (Wildman–Crippen LogP) is 3.31. The fourth-order valence-corrected chi connectivity index (χ4v) is 1.82. The third-order valence-corrected chi connectivity index (χ3v) is 2.98. The van der Waals surface area contributed by atoms with Crippen molar-refractivity contribution in [3.05, 3.63) is 52.5 Å². The third kappa shape index (κ3) is 2.98. The van der Waals surface area contributed by atoms with Gasteiger partial charge in [-0.25, -0.2) is 0 Å². The molecule has 0 bridgehead atoms. The summed E-state index contributed by atoms with van der Waals surface area (Å²) >= 11 is 5.90. The molecule has 0 unspecified atom stereocenters. The van der Waals surface area contributed by atoms with Crippen LogP contribution in [0.1, 0.15) is 15.9 Å². The summed E-state index contributed by atoms with van der Waals surface area (Å²) in [6, 6.07) is 8.87. The first-order valence-electron chi connectivity index (χ1n) is 5.57. The maximum atomic E-state index is 12.0. The van der Waals surface area contributed by atoms with Crippen LogP contribution >= 0.6 is 11.6 Å². The van der Waals surface area contributed by atoms with Gasteiger partial charge in [-0.1, -0.05) is 11.6 Å². The van der Waals surface area contributed by atoms with Gasteiger partial charge in [0.1, 0.15) is 11.5 Å². The summed E-state index contributed by atoms with van der Waals surface area (Å²) in [7, 11) is 0. The normalized spacial score (nSPS) is 10.2. The van der Waals surface area contributed by atoms with E-state index in [1.165, 1.54) is 24.3 Å². The molecule has 0 saturated heterocycles. The summed E-state index contributed by atoms with van der Waals surface area (Å²) in [5.41, 5.74) is 1.38. The summed E-state index contributed by atoms with van der Waals surface area (Å²) in [6.45, 7) is 1.73. The minimum absolute atomic E-state index is 0.0311. The number of aryl methyl sites for hydroxylation is 1. The maximum Gasteiger partial charge on any atom is 0.257 e. The number of anilines is 1. The first kappa shape index (κ1) is 13.2. The molecular formula is C14H12ClNO3. The lowest BCUT2D eigenvalue weighted by Crippen LogP contribution is -2.12. The first-order valence-corrected chi connectivity index (χ1v) is 5.94. The van der Waals surface area contributed by atoms with Crippen molar-refractivity contribution in [2.45, 2.75) is 6.92 Å². The fourth-order valence-electron chi connectivity index (χ4n) is 1.62. The van der Waals surface area contributed by atoms with Crippen molar-refractivity contribution in [1.82, 2.24) is 0 Å². The Kier molecular flexibility index (Phi) is 3.62. The third-order valence-electron chi connectivity index (χ3n) is 2.65. The number of amides is 1. The van der Waals surface area contributed by atoms with Crippen molar-refractivity contribution in [3.63, 3.8) is 0 Å². The van der Waals surface area contributed by atoms with Gasteiger partial charge in [0, 0.05) is 5.69 Å². The molecule has 2 rings (SSSR count). The van der Waals surface area contributed by atoms with Gasteiger partial charge in [0.15, 0.2) is 0 Å². The SMILES string of the molecule is Cc1cc(NC(=O)c2cc(O)ccc2Cl)ccc1O. The highest BCUT2D eigenvalue weighted by Gasteiger charge is 2.12. The van der Waals surface area contributed by atoms with Crippen LogP contribution in [0.5, 0.6) is 11.5 Å². The van der Waals surface area contributed by atoms with E-state index in [9.17, 15) is 15.0 Å². The fraction of sp³-hybridized carbons (Fsp3) is 0.0714. The van der Waals surface area contributed by atoms with Crippen molar-refractivity contribution in [1.29, 1.82) is 0 Å². The minimum atomic E-state index is -0.425. The van der Waals surface area contributed by atoms with E-state index in [2.05, 4.69) is 5.32 Å². The van der Waals surface area contributed by atoms with Crippen LogP contribution in [0, 0.1) is 6.92 Å². The zero-order valence-electron chi connectivity index (χ0n) is 10.1. The highest BCUT2D eigenvalue weighted by molar-refractivity contribution is 6.34. The Morgan fingerprint density at radius 1 is 1.16 bits per heavy atom. The van der Waals surface area contributed by atoms with E-state index in [1.54, 1.807) is 19.1 Å². The number of aromatic hydroxyl groups is 2. The molecule has 0 aliphatic carbocycles. The zero-order valence-corrected chi connectivity index (χ0v) is 10.9. The lowest BCUT2D eigenvalue weighted by molar-refractivity contribution is 0.102. The molecule has 0 fully saturated rings. The van der Waals surface area contributed by atoms with Gasteiger partial charge in [-0.2, -0.15) is 0 Å². The van der Waals surface area contributed by atoms with Crippen LogP contribution < -0.4 is 5.32 Å². The number of carbonyl (C=O) groups excluding carboxylic acids is 1. The number of phenols is 2. The highest BCUT2D eigenvalue weighted by Crippen LogP contribution is 2.24. The Morgan fingerprint density at radius 2 is 1.89 bits per heavy atom. The quantitative estimate of drug-likeness (QED) is 0.738. The van der Waals surface area contributed by atoms with E-state index in [-0.39, 0.29) is 22.1 Å². The zero-order chi connectivity index (χ0) is 14.0. The van der Waals surface area contributed by atoms with Gasteiger partial charge < -0.3 is 15.5 Å². The Labute approximate surface area is 115 Å². The number of hydrogen-bond acceptors (Lipinski definition) is 3. The summed E-state index contributed by atoms with van der Waals surface area (Å²) in [6.07, 6.45) is 0. The van der Waals surface area contributed by atoms with Crippen molar-refractivity contribution in [2.24, 2.45) is 0 Å². The molecule has 0 radical (unpaired) electrons. The number of hydrogen-bond donors (Lipinski definition) is 3. The van der Waals surface area contributed by atoms with Crippen molar-refractivity contribution >= 4 is 23.2 Å². The average Bonchev–Trinajstić information content (AvgIpc) is 2.36. The number of halogens is 1. The monoisotopic (exact) mass is 277 g/mol. The number of benzene rings is 2. The Hall–Kier alpha value is -2.20. The second-order valence-corrected chi connectivity index (χ2v) is 4.53. The van der Waals surface area contributed by atoms with Gasteiger partial charge in [-0.15, -0.1) is 0 Å². The molecule has 98 valence electrons. The van der Waals surface area contributed by atoms with E-state index in [1.807, 2.05) is 0 Å². The molecule has 0 aromatic heterocycles. The van der Waals surface area contributed by atoms with E-state index >= 15 is 0 Å². The lowest BCUT2D eigenvalue weighted by atomic mass is 10.1. The van der Waals surface area contributed by atoms with Crippen LogP contribution in [-0.4, -0.2) is 16.1 Å². The second kappa shape index (κ2) is 5.20. The number of phenolic OH excluding ortho intramolecular Hbond substituents is 2. The van der Waals surface area contributed by atoms with E-state index < -0.39 is 5.91 Å². The Bertz CT molecular complexity index is 641. The molecule has 5 heteroatoms. The average molecular weight is 278 g/mol. The molecule has 4 nitrogen and oxygen atoms in total. The minimum Gasteiger partial charge on any atom is -0.508 e. The van der Waals surface area contributed by atoms with Crippen molar-refractivity contribution in [3.8, 4) is 11.5 Å². The van der Waals surface area contributed by atoms with Crippen LogP contribution in [0.2, 0.25) is 5.02 Å². The van der Waals surface area contributed by atoms with Gasteiger partial charge in [-0.3, -0.25) is 4.79 Å². The summed E-state index contributed by atoms with van der Waals surface area (Å²) in [5.74, 6) is -0.296. The molecule has 0 aliphatic rings. The van der Waals surface area contributed by atoms with Crippen LogP contribution in [0.15, 0.2) is 36.4 Å². The highest BCUT2D eigenvalue weighted by atomic mass is 35.5. The Balaban J connectivity index is 2.25. The molecule has 0 saturated carbocycles. The molecule has 2 aromatic carbocycles. The summed E-state index contributed by atoms with van der Waals surface area (Å²) in [4.78, 5) is 12.0. The van der Waals surface area contributed by atoms with Crippen LogP contribution in [0.4, 0.5) is 5.69 Å². The molecular weight excluding hydrogens is 266 g/mol. The smallest absolute Gasteiger partial charge is 0.257 e. The molecule has 19 heavy (non-hydrogen) atoms. The molecule has 0 aliphatic heterocycles. The largest absolute Gasteiger partial charge is 0.508 e. The summed E-state index contributed by atoms with van der Waals surface area (Å²) in [5, 5.41) is 21.7.